The number of methoxy groups -OCH3 is 1. The van der Waals surface area contributed by atoms with Crippen molar-refractivity contribution in [2.75, 3.05) is 81.8 Å². The lowest BCUT2D eigenvalue weighted by Crippen LogP contribution is -2.53. The molecule has 1 atom stereocenters. The van der Waals surface area contributed by atoms with E-state index in [1.807, 2.05) is 36.4 Å². The van der Waals surface area contributed by atoms with Gasteiger partial charge in [-0.05, 0) is 92.7 Å². The number of rotatable bonds is 14. The number of benzene rings is 3. The summed E-state index contributed by atoms with van der Waals surface area (Å²) in [4.78, 5) is 55.8. The second-order valence-electron chi connectivity index (χ2n) is 16.4. The lowest BCUT2D eigenvalue weighted by atomic mass is 10.0. The first-order chi connectivity index (χ1) is 29.6. The molecule has 3 amide bonds. The van der Waals surface area contributed by atoms with Gasteiger partial charge in [0.1, 0.15) is 16.8 Å². The maximum atomic E-state index is 13.2. The molecule has 3 aromatic carbocycles. The number of hydrogen-bond donors (Lipinski definition) is 3. The Morgan fingerprint density at radius 2 is 1.74 bits per heavy atom. The molecule has 0 spiro atoms. The van der Waals surface area contributed by atoms with Gasteiger partial charge in [-0.2, -0.15) is 4.98 Å². The third-order valence-electron chi connectivity index (χ3n) is 12.3. The Morgan fingerprint density at radius 1 is 0.934 bits per heavy atom. The van der Waals surface area contributed by atoms with Crippen LogP contribution in [0.25, 0.3) is 6.08 Å². The number of piperazine rings is 1. The van der Waals surface area contributed by atoms with Crippen LogP contribution in [0.15, 0.2) is 72.9 Å². The van der Waals surface area contributed by atoms with Gasteiger partial charge in [0.2, 0.25) is 17.8 Å². The molecule has 1 aromatic heterocycles. The lowest BCUT2D eigenvalue weighted by Gasteiger charge is -2.43. The highest BCUT2D eigenvalue weighted by atomic mass is 35.5. The molecule has 3 N–H and O–H groups in total. The summed E-state index contributed by atoms with van der Waals surface area (Å²) in [5.74, 6) is 0.908. The highest BCUT2D eigenvalue weighted by Gasteiger charge is 2.39. The highest BCUT2D eigenvalue weighted by molar-refractivity contribution is 7.64. The van der Waals surface area contributed by atoms with Crippen LogP contribution in [-0.4, -0.2) is 121 Å². The molecule has 4 aromatic rings. The number of piperidine rings is 2. The van der Waals surface area contributed by atoms with Gasteiger partial charge in [0.25, 0.3) is 5.91 Å². The number of ether oxygens (including phenoxy) is 1. The molecule has 1 unspecified atom stereocenters. The summed E-state index contributed by atoms with van der Waals surface area (Å²) in [6, 6.07) is 20.3. The molecule has 0 radical (unpaired) electrons. The van der Waals surface area contributed by atoms with Crippen molar-refractivity contribution in [2.24, 2.45) is 0 Å². The number of carbonyl (C=O) groups excluding carboxylic acids is 3. The van der Waals surface area contributed by atoms with E-state index in [-0.39, 0.29) is 32.1 Å². The van der Waals surface area contributed by atoms with Gasteiger partial charge in [0, 0.05) is 81.3 Å². The molecule has 61 heavy (non-hydrogen) atoms. The van der Waals surface area contributed by atoms with E-state index in [9.17, 15) is 14.4 Å². The van der Waals surface area contributed by atoms with Gasteiger partial charge in [-0.25, -0.2) is 4.98 Å². The Bertz CT molecular complexity index is 2280. The number of imide groups is 1. The number of halogens is 1. The van der Waals surface area contributed by atoms with Crippen molar-refractivity contribution < 1.29 is 19.1 Å². The largest absolute Gasteiger partial charge is 0.494 e. The fraction of sp³-hybridized carbons (Fsp3) is 0.413. The zero-order valence-electron chi connectivity index (χ0n) is 35.2. The van der Waals surface area contributed by atoms with Crippen molar-refractivity contribution in [3.63, 3.8) is 0 Å². The molecular weight excluding hydrogens is 809 g/mol. The topological polar surface area (TPSA) is 135 Å². The fourth-order valence-electron chi connectivity index (χ4n) is 8.96. The Kier molecular flexibility index (Phi) is 13.5. The van der Waals surface area contributed by atoms with Gasteiger partial charge in [-0.1, -0.05) is 62.0 Å². The van der Waals surface area contributed by atoms with Gasteiger partial charge >= 0.3 is 0 Å². The summed E-state index contributed by atoms with van der Waals surface area (Å²) in [5.41, 5.74) is 5.55. The molecule has 13 nitrogen and oxygen atoms in total. The van der Waals surface area contributed by atoms with Crippen LogP contribution < -0.4 is 30.9 Å². The number of hydrogen-bond acceptors (Lipinski definition) is 11. The van der Waals surface area contributed by atoms with E-state index in [1.165, 1.54) is 5.30 Å². The average Bonchev–Trinajstić information content (AvgIpc) is 3.61. The maximum absolute atomic E-state index is 13.2. The first-order valence-electron chi connectivity index (χ1n) is 21.3. The maximum Gasteiger partial charge on any atom is 0.255 e. The number of nitrogens with one attached hydrogen (secondary N) is 3. The fourth-order valence-corrected chi connectivity index (χ4v) is 10.1. The number of allylic oxidation sites excluding steroid dienone is 1. The lowest BCUT2D eigenvalue weighted by molar-refractivity contribution is -0.136. The minimum Gasteiger partial charge on any atom is -0.494 e. The monoisotopic (exact) mass is 863 g/mol. The third kappa shape index (κ3) is 9.86. The van der Waals surface area contributed by atoms with E-state index >= 15 is 0 Å². The summed E-state index contributed by atoms with van der Waals surface area (Å²) < 4.78 is 5.84. The van der Waals surface area contributed by atoms with Crippen LogP contribution in [0.1, 0.15) is 60.0 Å². The summed E-state index contributed by atoms with van der Waals surface area (Å²) in [6.45, 7) is 12.3. The molecular formula is C46H55ClN9O4P. The van der Waals surface area contributed by atoms with E-state index < -0.39 is 6.04 Å². The van der Waals surface area contributed by atoms with E-state index in [1.54, 1.807) is 18.2 Å². The smallest absolute Gasteiger partial charge is 0.255 e. The molecule has 4 aliphatic heterocycles. The Hall–Kier alpha value is -5.07. The second kappa shape index (κ2) is 19.3. The number of nitrogens with zero attached hydrogens (tertiary/aromatic N) is 6. The Morgan fingerprint density at radius 3 is 2.51 bits per heavy atom. The van der Waals surface area contributed by atoms with Gasteiger partial charge in [-0.3, -0.25) is 24.6 Å². The molecule has 15 heteroatoms. The number of anilines is 5. The summed E-state index contributed by atoms with van der Waals surface area (Å²) in [6.07, 6.45) is 10.8. The average molecular weight is 864 g/mol. The number of unbranched alkanes of at least 4 members (excludes halogenated alkanes) is 1. The molecule has 5 heterocycles. The van der Waals surface area contributed by atoms with Crippen molar-refractivity contribution in [1.29, 1.82) is 0 Å². The zero-order chi connectivity index (χ0) is 42.5. The van der Waals surface area contributed by atoms with E-state index in [0.29, 0.717) is 41.4 Å². The SMILES string of the molecule is COc1cc(N2CCC(N3CCN(CCC/C=C\c4cccc5c4CN(C4CCC(=O)NC4=O)C5=O)CC3)CC2)ccc1Nc1ncc(Cl)c(Nc2ccccc2P(C)C)n1. The predicted molar refractivity (Wildman–Crippen MR) is 245 cm³/mol. The zero-order valence-corrected chi connectivity index (χ0v) is 36.9. The minimum atomic E-state index is -0.601. The van der Waals surface area contributed by atoms with E-state index in [4.69, 9.17) is 21.3 Å². The summed E-state index contributed by atoms with van der Waals surface area (Å²) in [5, 5.41) is 10.8. The number of aromatic nitrogens is 2. The number of fused-ring (bicyclic) bond motifs is 1. The molecule has 3 saturated heterocycles. The molecule has 0 bridgehead atoms. The van der Waals surface area contributed by atoms with Crippen LogP contribution in [0, 0.1) is 0 Å². The summed E-state index contributed by atoms with van der Waals surface area (Å²) >= 11 is 6.53. The number of amides is 3. The van der Waals surface area contributed by atoms with Crippen LogP contribution in [0.2, 0.25) is 5.02 Å². The number of para-hydroxylation sites is 1. The highest BCUT2D eigenvalue weighted by Crippen LogP contribution is 2.35. The minimum absolute atomic E-state index is 0.136. The van der Waals surface area contributed by atoms with Crippen LogP contribution in [0.5, 0.6) is 5.75 Å². The molecule has 4 aliphatic rings. The normalized spacial score (nSPS) is 19.2. The van der Waals surface area contributed by atoms with Crippen molar-refractivity contribution in [2.45, 2.75) is 57.2 Å². The van der Waals surface area contributed by atoms with Crippen molar-refractivity contribution in [3.8, 4) is 5.75 Å². The Balaban J connectivity index is 0.773. The molecule has 320 valence electrons. The standard InChI is InChI=1S/C46H55ClN9O4P/c1-60-40-28-33(15-16-37(40)50-46-48-29-36(47)43(52-46)49-38-13-6-7-14-41(38)61(2)3)54-22-19-32(20-23-54)55-26-24-53(25-27-55)21-8-4-5-10-31-11-9-12-34-35(31)30-56(45(34)59)39-17-18-42(57)51-44(39)58/h5-7,9-16,28-29,32,39H,4,8,17-27,30H2,1-3H3,(H,51,57,58)(H2,48,49,50,52)/b10-5-. The van der Waals surface area contributed by atoms with Crippen LogP contribution in [0.3, 0.4) is 0 Å². The number of carbonyl (C=O) groups is 3. The first-order valence-corrected chi connectivity index (χ1v) is 23.9. The van der Waals surface area contributed by atoms with Gasteiger partial charge in [-0.15, -0.1) is 0 Å². The molecule has 3 fully saturated rings. The first kappa shape index (κ1) is 42.6. The second-order valence-corrected chi connectivity index (χ2v) is 19.0. The third-order valence-corrected chi connectivity index (χ3v) is 14.0. The molecule has 0 aliphatic carbocycles. The predicted octanol–water partition coefficient (Wildman–Crippen LogP) is 6.83. The van der Waals surface area contributed by atoms with Gasteiger partial charge in [0.15, 0.2) is 5.82 Å². The van der Waals surface area contributed by atoms with E-state index in [0.717, 1.165) is 105 Å². The van der Waals surface area contributed by atoms with Gasteiger partial charge < -0.3 is 30.1 Å². The van der Waals surface area contributed by atoms with Gasteiger partial charge in [0.05, 0.1) is 19.0 Å². The van der Waals surface area contributed by atoms with Crippen LogP contribution >= 0.6 is 19.5 Å². The van der Waals surface area contributed by atoms with E-state index in [2.05, 4.69) is 85.4 Å². The van der Waals surface area contributed by atoms with Crippen LogP contribution in [-0.2, 0) is 16.1 Å². The summed E-state index contributed by atoms with van der Waals surface area (Å²) in [7, 11) is 1.37. The molecule has 0 saturated carbocycles. The molecule has 8 rings (SSSR count). The van der Waals surface area contributed by atoms with Crippen molar-refractivity contribution >= 4 is 77.5 Å². The Labute approximate surface area is 364 Å². The van der Waals surface area contributed by atoms with Crippen molar-refractivity contribution in [1.82, 2.24) is 30.0 Å². The van der Waals surface area contributed by atoms with Crippen molar-refractivity contribution in [3.05, 3.63) is 94.6 Å². The quantitative estimate of drug-likeness (QED) is 0.0700. The van der Waals surface area contributed by atoms with Crippen LogP contribution in [0.4, 0.5) is 28.8 Å².